The number of benzene rings is 1. The lowest BCUT2D eigenvalue weighted by molar-refractivity contribution is -0.123. The second-order valence-electron chi connectivity index (χ2n) is 5.38. The highest BCUT2D eigenvalue weighted by Gasteiger charge is 2.22. The van der Waals surface area contributed by atoms with Crippen LogP contribution < -0.4 is 15.6 Å². The number of aromatic nitrogens is 1. The number of hydrazine groups is 1. The van der Waals surface area contributed by atoms with Gasteiger partial charge in [-0.25, -0.2) is 4.39 Å². The molecule has 0 spiro atoms. The highest BCUT2D eigenvalue weighted by molar-refractivity contribution is 5.97. The highest BCUT2D eigenvalue weighted by Crippen LogP contribution is 2.21. The molecule has 0 saturated heterocycles. The Balaban J connectivity index is 1.89. The molecule has 8 heteroatoms. The van der Waals surface area contributed by atoms with E-state index in [9.17, 15) is 14.0 Å². The van der Waals surface area contributed by atoms with Gasteiger partial charge in [-0.2, -0.15) is 0 Å². The third kappa shape index (κ3) is 4.09. The fourth-order valence-electron chi connectivity index (χ4n) is 1.99. The van der Waals surface area contributed by atoms with E-state index in [2.05, 4.69) is 16.0 Å². The summed E-state index contributed by atoms with van der Waals surface area (Å²) in [4.78, 5) is 23.9. The maximum Gasteiger partial charge on any atom is 0.276 e. The van der Waals surface area contributed by atoms with Gasteiger partial charge in [0.05, 0.1) is 5.69 Å². The molecule has 0 unspecified atom stereocenters. The van der Waals surface area contributed by atoms with E-state index in [1.165, 1.54) is 18.2 Å². The molecule has 7 nitrogen and oxygen atoms in total. The van der Waals surface area contributed by atoms with Gasteiger partial charge in [0, 0.05) is 5.92 Å². The van der Waals surface area contributed by atoms with Gasteiger partial charge in [0.2, 0.25) is 0 Å². The molecule has 1 aromatic carbocycles. The number of carbonyl (C=O) groups is 2. The molecule has 0 aliphatic heterocycles. The van der Waals surface area contributed by atoms with E-state index in [4.69, 9.17) is 9.26 Å². The van der Waals surface area contributed by atoms with Crippen molar-refractivity contribution in [3.05, 3.63) is 47.1 Å². The molecule has 24 heavy (non-hydrogen) atoms. The lowest BCUT2D eigenvalue weighted by Gasteiger charge is -2.10. The van der Waals surface area contributed by atoms with Crippen molar-refractivity contribution in [2.45, 2.75) is 26.7 Å². The van der Waals surface area contributed by atoms with Gasteiger partial charge >= 0.3 is 0 Å². The number of hydrogen-bond acceptors (Lipinski definition) is 5. The first-order valence-electron chi connectivity index (χ1n) is 7.32. The van der Waals surface area contributed by atoms with Crippen molar-refractivity contribution in [1.29, 1.82) is 0 Å². The Morgan fingerprint density at radius 2 is 2.00 bits per heavy atom. The van der Waals surface area contributed by atoms with Crippen LogP contribution in [0.4, 0.5) is 4.39 Å². The van der Waals surface area contributed by atoms with Gasteiger partial charge in [0.1, 0.15) is 5.56 Å². The van der Waals surface area contributed by atoms with Crippen LogP contribution in [-0.2, 0) is 4.79 Å². The van der Waals surface area contributed by atoms with E-state index in [1.807, 2.05) is 13.8 Å². The third-order valence-corrected chi connectivity index (χ3v) is 3.15. The quantitative estimate of drug-likeness (QED) is 0.816. The Hall–Kier alpha value is -2.90. The van der Waals surface area contributed by atoms with Crippen LogP contribution in [0.2, 0.25) is 0 Å². The van der Waals surface area contributed by atoms with Gasteiger partial charge < -0.3 is 9.26 Å². The van der Waals surface area contributed by atoms with Gasteiger partial charge in [-0.15, -0.1) is 0 Å². The molecule has 2 rings (SSSR count). The summed E-state index contributed by atoms with van der Waals surface area (Å²) in [5, 5.41) is 3.76. The molecule has 128 valence electrons. The zero-order chi connectivity index (χ0) is 17.7. The fraction of sp³-hybridized carbons (Fsp3) is 0.312. The molecule has 1 aromatic heterocycles. The second kappa shape index (κ2) is 7.58. The molecule has 0 aliphatic rings. The van der Waals surface area contributed by atoms with E-state index in [0.717, 1.165) is 0 Å². The molecule has 2 amide bonds. The van der Waals surface area contributed by atoms with Crippen LogP contribution in [0.1, 0.15) is 41.6 Å². The summed E-state index contributed by atoms with van der Waals surface area (Å²) in [7, 11) is 0. The molecule has 0 radical (unpaired) electrons. The van der Waals surface area contributed by atoms with Gasteiger partial charge in [0.15, 0.2) is 23.9 Å². The van der Waals surface area contributed by atoms with Gasteiger partial charge in [-0.1, -0.05) is 31.1 Å². The normalized spacial score (nSPS) is 10.5. The summed E-state index contributed by atoms with van der Waals surface area (Å²) >= 11 is 0. The predicted octanol–water partition coefficient (Wildman–Crippen LogP) is 2.09. The Morgan fingerprint density at radius 3 is 2.67 bits per heavy atom. The minimum Gasteiger partial charge on any atom is -0.481 e. The molecule has 0 bridgehead atoms. The smallest absolute Gasteiger partial charge is 0.276 e. The minimum absolute atomic E-state index is 0.0351. The van der Waals surface area contributed by atoms with Gasteiger partial charge in [-0.3, -0.25) is 20.4 Å². The van der Waals surface area contributed by atoms with Crippen LogP contribution >= 0.6 is 0 Å². The number of amides is 2. The summed E-state index contributed by atoms with van der Waals surface area (Å²) < 4.78 is 23.5. The number of para-hydroxylation sites is 1. The summed E-state index contributed by atoms with van der Waals surface area (Å²) in [5.74, 6) is -1.40. The predicted molar refractivity (Wildman–Crippen MR) is 82.8 cm³/mol. The number of nitrogens with one attached hydrogen (secondary N) is 2. The van der Waals surface area contributed by atoms with E-state index >= 15 is 0 Å². The average Bonchev–Trinajstić information content (AvgIpc) is 2.94. The Kier molecular flexibility index (Phi) is 5.51. The van der Waals surface area contributed by atoms with E-state index in [1.54, 1.807) is 13.0 Å². The molecule has 2 N–H and O–H groups in total. The van der Waals surface area contributed by atoms with E-state index in [0.29, 0.717) is 11.5 Å². The SMILES string of the molecule is Cc1noc(C(C)C)c1C(=O)NNC(=O)COc1ccccc1F. The summed E-state index contributed by atoms with van der Waals surface area (Å²) in [6.07, 6.45) is 0. The van der Waals surface area contributed by atoms with Crippen LogP contribution in [0.5, 0.6) is 5.75 Å². The topological polar surface area (TPSA) is 93.5 Å². The highest BCUT2D eigenvalue weighted by atomic mass is 19.1. The number of aryl methyl sites for hydroxylation is 1. The van der Waals surface area contributed by atoms with Crippen LogP contribution in [0, 0.1) is 12.7 Å². The maximum atomic E-state index is 13.4. The third-order valence-electron chi connectivity index (χ3n) is 3.15. The Morgan fingerprint density at radius 1 is 1.29 bits per heavy atom. The van der Waals surface area contributed by atoms with Crippen molar-refractivity contribution in [3.8, 4) is 5.75 Å². The Labute approximate surface area is 138 Å². The van der Waals surface area contributed by atoms with Gasteiger partial charge in [0.25, 0.3) is 11.8 Å². The van der Waals surface area contributed by atoms with E-state index < -0.39 is 24.2 Å². The largest absolute Gasteiger partial charge is 0.481 e. The van der Waals surface area contributed by atoms with Crippen molar-refractivity contribution in [2.75, 3.05) is 6.61 Å². The molecule has 1 heterocycles. The number of nitrogens with zero attached hydrogens (tertiary/aromatic N) is 1. The molecule has 0 aliphatic carbocycles. The van der Waals surface area contributed by atoms with Crippen molar-refractivity contribution in [1.82, 2.24) is 16.0 Å². The van der Waals surface area contributed by atoms with Crippen LogP contribution in [0.25, 0.3) is 0 Å². The average molecular weight is 335 g/mol. The number of carbonyl (C=O) groups excluding carboxylic acids is 2. The lowest BCUT2D eigenvalue weighted by Crippen LogP contribution is -2.44. The summed E-state index contributed by atoms with van der Waals surface area (Å²) in [5.41, 5.74) is 5.16. The monoisotopic (exact) mass is 335 g/mol. The van der Waals surface area contributed by atoms with Crippen LogP contribution in [0.3, 0.4) is 0 Å². The summed E-state index contributed by atoms with van der Waals surface area (Å²) in [6, 6.07) is 5.71. The zero-order valence-electron chi connectivity index (χ0n) is 13.6. The van der Waals surface area contributed by atoms with Crippen molar-refractivity contribution in [2.24, 2.45) is 0 Å². The number of rotatable bonds is 5. The first-order valence-corrected chi connectivity index (χ1v) is 7.32. The maximum absolute atomic E-state index is 13.4. The number of halogens is 1. The first kappa shape index (κ1) is 17.5. The Bertz CT molecular complexity index is 743. The van der Waals surface area contributed by atoms with Crippen molar-refractivity contribution in [3.63, 3.8) is 0 Å². The lowest BCUT2D eigenvalue weighted by atomic mass is 10.1. The standard InChI is InChI=1S/C16H18FN3O4/c1-9(2)15-14(10(3)20-24-15)16(22)19-18-13(21)8-23-12-7-5-4-6-11(12)17/h4-7,9H,8H2,1-3H3,(H,18,21)(H,19,22). The molecular weight excluding hydrogens is 317 g/mol. The second-order valence-corrected chi connectivity index (χ2v) is 5.38. The molecular formula is C16H18FN3O4. The minimum atomic E-state index is -0.633. The summed E-state index contributed by atoms with van der Waals surface area (Å²) in [6.45, 7) is 4.91. The van der Waals surface area contributed by atoms with Crippen molar-refractivity contribution >= 4 is 11.8 Å². The van der Waals surface area contributed by atoms with E-state index in [-0.39, 0.29) is 17.2 Å². The molecule has 0 atom stereocenters. The molecule has 0 saturated carbocycles. The van der Waals surface area contributed by atoms with Crippen LogP contribution in [-0.4, -0.2) is 23.6 Å². The van der Waals surface area contributed by atoms with Crippen molar-refractivity contribution < 1.29 is 23.2 Å². The fourth-order valence-corrected chi connectivity index (χ4v) is 1.99. The zero-order valence-corrected chi connectivity index (χ0v) is 13.6. The number of hydrogen-bond donors (Lipinski definition) is 2. The molecule has 2 aromatic rings. The number of ether oxygens (including phenoxy) is 1. The molecule has 0 fully saturated rings. The van der Waals surface area contributed by atoms with Crippen LogP contribution in [0.15, 0.2) is 28.8 Å². The van der Waals surface area contributed by atoms with Gasteiger partial charge in [-0.05, 0) is 19.1 Å². The first-order chi connectivity index (χ1) is 11.4.